The average Bonchev–Trinajstić information content (AvgIpc) is 3.28. The lowest BCUT2D eigenvalue weighted by molar-refractivity contribution is 0.0926. The molecule has 4 aromatic rings. The van der Waals surface area contributed by atoms with Crippen molar-refractivity contribution < 1.29 is 13.6 Å². The fourth-order valence-corrected chi connectivity index (χ4v) is 4.96. The van der Waals surface area contributed by atoms with Crippen LogP contribution in [0.25, 0.3) is 16.9 Å². The minimum Gasteiger partial charge on any atom is -0.350 e. The zero-order chi connectivity index (χ0) is 24.4. The summed E-state index contributed by atoms with van der Waals surface area (Å²) in [7, 11) is 0. The molecule has 1 aliphatic heterocycles. The Hall–Kier alpha value is -3.36. The maximum absolute atomic E-state index is 14.0. The van der Waals surface area contributed by atoms with E-state index in [0.29, 0.717) is 33.0 Å². The summed E-state index contributed by atoms with van der Waals surface area (Å²) in [5, 5.41) is 4.04. The predicted octanol–water partition coefficient (Wildman–Crippen LogP) is 5.31. The number of rotatable bonds is 6. The Kier molecular flexibility index (Phi) is 6.74. The van der Waals surface area contributed by atoms with E-state index in [2.05, 4.69) is 20.2 Å². The van der Waals surface area contributed by atoms with Gasteiger partial charge in [-0.05, 0) is 61.8 Å². The largest absolute Gasteiger partial charge is 0.350 e. The van der Waals surface area contributed by atoms with Crippen LogP contribution in [-0.2, 0) is 0 Å². The highest BCUT2D eigenvalue weighted by molar-refractivity contribution is 6.37. The molecule has 1 fully saturated rings. The van der Waals surface area contributed by atoms with Crippen LogP contribution in [0, 0.1) is 11.6 Å². The first kappa shape index (κ1) is 23.4. The molecule has 9 heteroatoms. The summed E-state index contributed by atoms with van der Waals surface area (Å²) in [4.78, 5) is 24.2. The van der Waals surface area contributed by atoms with Crippen LogP contribution < -0.4 is 5.32 Å². The van der Waals surface area contributed by atoms with Gasteiger partial charge in [-0.2, -0.15) is 0 Å². The van der Waals surface area contributed by atoms with Crippen LogP contribution in [0.15, 0.2) is 61.1 Å². The van der Waals surface area contributed by atoms with Crippen molar-refractivity contribution in [2.24, 2.45) is 0 Å². The molecular formula is C26H24ClF2N5O. The molecule has 2 aromatic heterocycles. The van der Waals surface area contributed by atoms with E-state index in [1.807, 2.05) is 6.07 Å². The summed E-state index contributed by atoms with van der Waals surface area (Å²) in [5.41, 5.74) is 1.73. The van der Waals surface area contributed by atoms with Gasteiger partial charge in [-0.15, -0.1) is 0 Å². The van der Waals surface area contributed by atoms with E-state index < -0.39 is 11.6 Å². The van der Waals surface area contributed by atoms with Crippen molar-refractivity contribution in [3.63, 3.8) is 0 Å². The fourth-order valence-electron chi connectivity index (χ4n) is 4.69. The molecule has 5 rings (SSSR count). The van der Waals surface area contributed by atoms with Crippen LogP contribution in [0.4, 0.5) is 8.78 Å². The molecule has 1 unspecified atom stereocenters. The van der Waals surface area contributed by atoms with Crippen molar-refractivity contribution in [2.45, 2.75) is 25.3 Å². The van der Waals surface area contributed by atoms with Gasteiger partial charge in [0.05, 0.1) is 22.1 Å². The number of fused-ring (bicyclic) bond motifs is 1. The highest BCUT2D eigenvalue weighted by Gasteiger charge is 2.25. The fraction of sp³-hybridized carbons (Fsp3) is 0.269. The molecule has 0 spiro atoms. The van der Waals surface area contributed by atoms with Crippen LogP contribution in [0.3, 0.4) is 0 Å². The highest BCUT2D eigenvalue weighted by atomic mass is 35.5. The van der Waals surface area contributed by atoms with Gasteiger partial charge in [-0.3, -0.25) is 14.3 Å². The maximum Gasteiger partial charge on any atom is 0.253 e. The number of hydrogen-bond acceptors (Lipinski definition) is 4. The van der Waals surface area contributed by atoms with E-state index in [1.54, 1.807) is 47.4 Å². The molecule has 1 saturated heterocycles. The molecule has 1 aliphatic rings. The molecular weight excluding hydrogens is 472 g/mol. The Morgan fingerprint density at radius 3 is 2.54 bits per heavy atom. The first-order valence-corrected chi connectivity index (χ1v) is 11.9. The quantitative estimate of drug-likeness (QED) is 0.394. The molecule has 1 N–H and O–H groups in total. The Morgan fingerprint density at radius 2 is 1.80 bits per heavy atom. The number of likely N-dealkylation sites (tertiary alicyclic amines) is 1. The number of hydrogen-bond donors (Lipinski definition) is 1. The molecule has 3 heterocycles. The summed E-state index contributed by atoms with van der Waals surface area (Å²) >= 11 is 6.50. The third-order valence-corrected chi connectivity index (χ3v) is 6.72. The summed E-state index contributed by atoms with van der Waals surface area (Å²) in [6.45, 7) is 1.90. The number of halogens is 3. The first-order valence-electron chi connectivity index (χ1n) is 11.6. The molecule has 1 atom stereocenters. The molecule has 0 aliphatic carbocycles. The molecule has 0 bridgehead atoms. The van der Waals surface area contributed by atoms with Crippen molar-refractivity contribution in [3.05, 3.63) is 88.8 Å². The minimum atomic E-state index is -0.895. The number of aromatic nitrogens is 3. The van der Waals surface area contributed by atoms with E-state index in [4.69, 9.17) is 11.6 Å². The molecule has 35 heavy (non-hydrogen) atoms. The lowest BCUT2D eigenvalue weighted by atomic mass is 10.0. The second-order valence-corrected chi connectivity index (χ2v) is 9.00. The average molecular weight is 496 g/mol. The predicted molar refractivity (Wildman–Crippen MR) is 131 cm³/mol. The van der Waals surface area contributed by atoms with Gasteiger partial charge < -0.3 is 5.32 Å². The van der Waals surface area contributed by atoms with Gasteiger partial charge in [0.2, 0.25) is 5.95 Å². The number of amides is 1. The van der Waals surface area contributed by atoms with Crippen molar-refractivity contribution in [2.75, 3.05) is 19.6 Å². The Bertz CT molecular complexity index is 1350. The summed E-state index contributed by atoms with van der Waals surface area (Å²) in [5.74, 6) is -1.68. The van der Waals surface area contributed by atoms with E-state index in [1.165, 1.54) is 6.07 Å². The van der Waals surface area contributed by atoms with Crippen LogP contribution >= 0.6 is 11.6 Å². The van der Waals surface area contributed by atoms with E-state index in [9.17, 15) is 13.6 Å². The van der Waals surface area contributed by atoms with Gasteiger partial charge >= 0.3 is 0 Å². The third-order valence-electron chi connectivity index (χ3n) is 6.41. The van der Waals surface area contributed by atoms with Crippen LogP contribution in [0.1, 0.15) is 41.2 Å². The van der Waals surface area contributed by atoms with E-state index >= 15 is 0 Å². The number of piperidine rings is 1. The zero-order valence-corrected chi connectivity index (χ0v) is 19.7. The molecule has 180 valence electrons. The SMILES string of the molecule is O=C(NCC(c1ccc(F)c(F)c1)N1CCCCC1)c1cn(-c2ncccn2)c2cccc(Cl)c12. The van der Waals surface area contributed by atoms with Crippen molar-refractivity contribution >= 4 is 28.4 Å². The molecule has 1 amide bonds. The van der Waals surface area contributed by atoms with Crippen molar-refractivity contribution in [3.8, 4) is 5.95 Å². The van der Waals surface area contributed by atoms with Crippen LogP contribution in [0.5, 0.6) is 0 Å². The van der Waals surface area contributed by atoms with Gasteiger partial charge in [-0.1, -0.05) is 30.2 Å². The zero-order valence-electron chi connectivity index (χ0n) is 18.9. The highest BCUT2D eigenvalue weighted by Crippen LogP contribution is 2.31. The van der Waals surface area contributed by atoms with Crippen LogP contribution in [0.2, 0.25) is 5.02 Å². The molecule has 6 nitrogen and oxygen atoms in total. The Morgan fingerprint density at radius 1 is 1.03 bits per heavy atom. The number of nitrogens with one attached hydrogen (secondary N) is 1. The third kappa shape index (κ3) is 4.76. The number of benzene rings is 2. The van der Waals surface area contributed by atoms with Gasteiger partial charge in [0.15, 0.2) is 11.6 Å². The van der Waals surface area contributed by atoms with Gasteiger partial charge in [0, 0.05) is 30.5 Å². The smallest absolute Gasteiger partial charge is 0.253 e. The second-order valence-electron chi connectivity index (χ2n) is 8.59. The number of carbonyl (C=O) groups excluding carboxylic acids is 1. The minimum absolute atomic E-state index is 0.239. The standard InChI is InChI=1S/C26H24ClF2N5O/c27-19-6-4-7-22-24(19)18(16-34(22)26-30-10-5-11-31-26)25(35)32-15-23(33-12-2-1-3-13-33)17-8-9-20(28)21(29)14-17/h4-11,14,16,23H,1-3,12-13,15H2,(H,32,35). The molecule has 0 radical (unpaired) electrons. The topological polar surface area (TPSA) is 63.1 Å². The lowest BCUT2D eigenvalue weighted by Crippen LogP contribution is -2.40. The Labute approximate surface area is 206 Å². The van der Waals surface area contributed by atoms with Gasteiger partial charge in [-0.25, -0.2) is 18.7 Å². The van der Waals surface area contributed by atoms with Crippen LogP contribution in [-0.4, -0.2) is 45.0 Å². The van der Waals surface area contributed by atoms with Gasteiger partial charge in [0.25, 0.3) is 5.91 Å². The lowest BCUT2D eigenvalue weighted by Gasteiger charge is -2.35. The summed E-state index contributed by atoms with van der Waals surface area (Å²) in [6.07, 6.45) is 8.11. The van der Waals surface area contributed by atoms with Crippen molar-refractivity contribution in [1.29, 1.82) is 0 Å². The number of nitrogens with zero attached hydrogens (tertiary/aromatic N) is 4. The second kappa shape index (κ2) is 10.1. The molecule has 2 aromatic carbocycles. The number of carbonyl (C=O) groups is 1. The summed E-state index contributed by atoms with van der Waals surface area (Å²) in [6, 6.07) is 10.8. The van der Waals surface area contributed by atoms with Crippen molar-refractivity contribution in [1.82, 2.24) is 24.8 Å². The molecule has 0 saturated carbocycles. The normalized spacial score (nSPS) is 15.3. The van der Waals surface area contributed by atoms with E-state index in [0.717, 1.165) is 38.4 Å². The monoisotopic (exact) mass is 495 g/mol. The summed E-state index contributed by atoms with van der Waals surface area (Å²) < 4.78 is 29.4. The Balaban J connectivity index is 1.46. The maximum atomic E-state index is 14.0. The van der Waals surface area contributed by atoms with E-state index in [-0.39, 0.29) is 18.5 Å². The first-order chi connectivity index (χ1) is 17.0. The van der Waals surface area contributed by atoms with Gasteiger partial charge in [0.1, 0.15) is 0 Å².